The van der Waals surface area contributed by atoms with Crippen LogP contribution in [0.2, 0.25) is 0 Å². The van der Waals surface area contributed by atoms with Crippen LogP contribution in [0.5, 0.6) is 0 Å². The Morgan fingerprint density at radius 2 is 1.97 bits per heavy atom. The molecule has 1 N–H and O–H groups in total. The van der Waals surface area contributed by atoms with Gasteiger partial charge in [-0.2, -0.15) is 10.1 Å². The smallest absolute Gasteiger partial charge is 0.234 e. The van der Waals surface area contributed by atoms with Crippen molar-refractivity contribution in [2.24, 2.45) is 0 Å². The topological polar surface area (TPSA) is 85.4 Å². The molecule has 3 heterocycles. The van der Waals surface area contributed by atoms with Gasteiger partial charge in [0.25, 0.3) is 0 Å². The number of hydrogen-bond acceptors (Lipinski definition) is 5. The van der Waals surface area contributed by atoms with E-state index in [0.29, 0.717) is 11.7 Å². The summed E-state index contributed by atoms with van der Waals surface area (Å²) in [6.45, 7) is 6.77. The standard InChI is InChI=1S/C23H22N6O/c1-14(21-15(2)26-27-16(21)3)23-25-22(28-30-23)18-8-6-7-17(11-18)12-29-13-24-19-9-4-5-10-20(19)29/h4-11,13-14H,12H2,1-3H3,(H,26,27)/t14-/m0/s1. The first kappa shape index (κ1) is 18.3. The highest BCUT2D eigenvalue weighted by atomic mass is 16.5. The Morgan fingerprint density at radius 3 is 2.80 bits per heavy atom. The summed E-state index contributed by atoms with van der Waals surface area (Å²) in [5, 5.41) is 11.5. The average molecular weight is 398 g/mol. The number of hydrogen-bond donors (Lipinski definition) is 1. The van der Waals surface area contributed by atoms with E-state index in [-0.39, 0.29) is 5.92 Å². The van der Waals surface area contributed by atoms with Crippen molar-refractivity contribution in [3.05, 3.63) is 83.3 Å². The molecule has 7 nitrogen and oxygen atoms in total. The van der Waals surface area contributed by atoms with Gasteiger partial charge in [-0.3, -0.25) is 5.10 Å². The average Bonchev–Trinajstić information content (AvgIpc) is 3.48. The maximum absolute atomic E-state index is 5.60. The Bertz CT molecular complexity index is 1310. The SMILES string of the molecule is Cc1n[nH]c(C)c1[C@H](C)c1nc(-c2cccc(Cn3cnc4ccccc43)c2)no1. The fourth-order valence-corrected chi connectivity index (χ4v) is 3.99. The molecule has 150 valence electrons. The van der Waals surface area contributed by atoms with E-state index in [2.05, 4.69) is 55.0 Å². The van der Waals surface area contributed by atoms with Gasteiger partial charge in [-0.1, -0.05) is 35.5 Å². The minimum absolute atomic E-state index is 0.0227. The molecule has 0 fully saturated rings. The van der Waals surface area contributed by atoms with Gasteiger partial charge in [0.15, 0.2) is 0 Å². The molecule has 0 saturated heterocycles. The number of imidazole rings is 1. The Kier molecular flexibility index (Phi) is 4.43. The predicted molar refractivity (Wildman–Crippen MR) is 114 cm³/mol. The van der Waals surface area contributed by atoms with Crippen LogP contribution < -0.4 is 0 Å². The maximum atomic E-state index is 5.60. The largest absolute Gasteiger partial charge is 0.338 e. The van der Waals surface area contributed by atoms with Gasteiger partial charge in [0, 0.05) is 23.4 Å². The Morgan fingerprint density at radius 1 is 1.10 bits per heavy atom. The van der Waals surface area contributed by atoms with E-state index in [0.717, 1.165) is 45.7 Å². The van der Waals surface area contributed by atoms with Crippen LogP contribution >= 0.6 is 0 Å². The van der Waals surface area contributed by atoms with Crippen LogP contribution in [0.1, 0.15) is 41.2 Å². The third-order valence-electron chi connectivity index (χ3n) is 5.50. The first-order valence-electron chi connectivity index (χ1n) is 9.94. The molecule has 30 heavy (non-hydrogen) atoms. The summed E-state index contributed by atoms with van der Waals surface area (Å²) in [5.41, 5.74) is 7.27. The molecule has 2 aromatic carbocycles. The van der Waals surface area contributed by atoms with Crippen molar-refractivity contribution in [1.82, 2.24) is 29.9 Å². The number of nitrogens with one attached hydrogen (secondary N) is 1. The van der Waals surface area contributed by atoms with Crippen molar-refractivity contribution in [3.8, 4) is 11.4 Å². The number of aromatic amines is 1. The second-order valence-electron chi connectivity index (χ2n) is 7.59. The number of aromatic nitrogens is 6. The summed E-state index contributed by atoms with van der Waals surface area (Å²) < 4.78 is 7.74. The molecule has 0 aliphatic rings. The van der Waals surface area contributed by atoms with Gasteiger partial charge in [0.05, 0.1) is 29.0 Å². The molecule has 5 aromatic rings. The van der Waals surface area contributed by atoms with E-state index < -0.39 is 0 Å². The van der Waals surface area contributed by atoms with Gasteiger partial charge in [0.1, 0.15) is 0 Å². The lowest BCUT2D eigenvalue weighted by Crippen LogP contribution is -2.00. The Hall–Kier alpha value is -3.74. The number of H-pyrrole nitrogens is 1. The molecule has 3 aromatic heterocycles. The zero-order valence-electron chi connectivity index (χ0n) is 17.1. The van der Waals surface area contributed by atoms with E-state index in [4.69, 9.17) is 4.52 Å². The van der Waals surface area contributed by atoms with Crippen LogP contribution in [0, 0.1) is 13.8 Å². The van der Waals surface area contributed by atoms with Crippen molar-refractivity contribution in [1.29, 1.82) is 0 Å². The Balaban J connectivity index is 1.42. The molecule has 0 radical (unpaired) electrons. The molecule has 0 bridgehead atoms. The lowest BCUT2D eigenvalue weighted by atomic mass is 9.99. The molecule has 0 aliphatic carbocycles. The van der Waals surface area contributed by atoms with Crippen LogP contribution in [-0.2, 0) is 6.54 Å². The molecular formula is C23H22N6O. The number of fused-ring (bicyclic) bond motifs is 1. The van der Waals surface area contributed by atoms with Crippen LogP contribution in [0.3, 0.4) is 0 Å². The van der Waals surface area contributed by atoms with Crippen molar-refractivity contribution in [2.45, 2.75) is 33.2 Å². The van der Waals surface area contributed by atoms with Gasteiger partial charge in [0.2, 0.25) is 11.7 Å². The van der Waals surface area contributed by atoms with Crippen molar-refractivity contribution in [3.63, 3.8) is 0 Å². The minimum atomic E-state index is -0.0227. The second kappa shape index (κ2) is 7.26. The van der Waals surface area contributed by atoms with Gasteiger partial charge in [-0.05, 0) is 44.5 Å². The van der Waals surface area contributed by atoms with Crippen LogP contribution in [0.25, 0.3) is 22.4 Å². The molecule has 7 heteroatoms. The van der Waals surface area contributed by atoms with E-state index in [1.54, 1.807) is 0 Å². The summed E-state index contributed by atoms with van der Waals surface area (Å²) >= 11 is 0. The highest BCUT2D eigenvalue weighted by Crippen LogP contribution is 2.29. The monoisotopic (exact) mass is 398 g/mol. The summed E-state index contributed by atoms with van der Waals surface area (Å²) in [5.74, 6) is 1.15. The van der Waals surface area contributed by atoms with Crippen molar-refractivity contribution >= 4 is 11.0 Å². The predicted octanol–water partition coefficient (Wildman–Crippen LogP) is 4.63. The molecule has 0 saturated carbocycles. The number of aryl methyl sites for hydroxylation is 2. The van der Waals surface area contributed by atoms with Crippen LogP contribution in [0.15, 0.2) is 59.4 Å². The third-order valence-corrected chi connectivity index (χ3v) is 5.50. The molecule has 5 rings (SSSR count). The first-order chi connectivity index (χ1) is 14.6. The van der Waals surface area contributed by atoms with E-state index in [1.807, 2.05) is 50.5 Å². The molecular weight excluding hydrogens is 376 g/mol. The zero-order valence-corrected chi connectivity index (χ0v) is 17.1. The summed E-state index contributed by atoms with van der Waals surface area (Å²) in [7, 11) is 0. The molecule has 0 unspecified atom stereocenters. The quantitative estimate of drug-likeness (QED) is 0.467. The number of nitrogens with zero attached hydrogens (tertiary/aromatic N) is 5. The van der Waals surface area contributed by atoms with Gasteiger partial charge < -0.3 is 9.09 Å². The fourth-order valence-electron chi connectivity index (χ4n) is 3.99. The van der Waals surface area contributed by atoms with Crippen LogP contribution in [-0.4, -0.2) is 29.9 Å². The summed E-state index contributed by atoms with van der Waals surface area (Å²) in [6.07, 6.45) is 1.88. The highest BCUT2D eigenvalue weighted by Gasteiger charge is 2.22. The minimum Gasteiger partial charge on any atom is -0.338 e. The van der Waals surface area contributed by atoms with E-state index in [1.165, 1.54) is 0 Å². The number of benzene rings is 2. The van der Waals surface area contributed by atoms with Crippen LogP contribution in [0.4, 0.5) is 0 Å². The fraction of sp³-hybridized carbons (Fsp3) is 0.217. The highest BCUT2D eigenvalue weighted by molar-refractivity contribution is 5.75. The van der Waals surface area contributed by atoms with Crippen molar-refractivity contribution < 1.29 is 4.52 Å². The third kappa shape index (κ3) is 3.18. The number of para-hydroxylation sites is 2. The molecule has 0 aliphatic heterocycles. The number of rotatable bonds is 5. The van der Waals surface area contributed by atoms with Gasteiger partial charge in [-0.25, -0.2) is 4.98 Å². The van der Waals surface area contributed by atoms with Gasteiger partial charge >= 0.3 is 0 Å². The Labute approximate surface area is 173 Å². The van der Waals surface area contributed by atoms with Crippen molar-refractivity contribution in [2.75, 3.05) is 0 Å². The molecule has 0 spiro atoms. The van der Waals surface area contributed by atoms with E-state index in [9.17, 15) is 0 Å². The van der Waals surface area contributed by atoms with E-state index >= 15 is 0 Å². The lowest BCUT2D eigenvalue weighted by molar-refractivity contribution is 0.370. The molecule has 1 atom stereocenters. The first-order valence-corrected chi connectivity index (χ1v) is 9.94. The lowest BCUT2D eigenvalue weighted by Gasteiger charge is -2.06. The summed E-state index contributed by atoms with van der Waals surface area (Å²) in [6, 6.07) is 16.4. The van der Waals surface area contributed by atoms with Gasteiger partial charge in [-0.15, -0.1) is 0 Å². The summed E-state index contributed by atoms with van der Waals surface area (Å²) in [4.78, 5) is 9.14. The zero-order chi connectivity index (χ0) is 20.7. The maximum Gasteiger partial charge on any atom is 0.234 e. The molecule has 0 amide bonds. The second-order valence-corrected chi connectivity index (χ2v) is 7.59. The normalized spacial score (nSPS) is 12.5.